The highest BCUT2D eigenvalue weighted by atomic mass is 16.1. The maximum atomic E-state index is 13.1. The van der Waals surface area contributed by atoms with Gasteiger partial charge in [-0.25, -0.2) is 0 Å². The molecule has 5 heteroatoms. The van der Waals surface area contributed by atoms with E-state index >= 15 is 0 Å². The van der Waals surface area contributed by atoms with Crippen molar-refractivity contribution in [2.75, 3.05) is 6.54 Å². The maximum absolute atomic E-state index is 13.1. The van der Waals surface area contributed by atoms with Crippen molar-refractivity contribution >= 4 is 5.91 Å². The van der Waals surface area contributed by atoms with Crippen LogP contribution in [0.4, 0.5) is 0 Å². The molecule has 2 atom stereocenters. The van der Waals surface area contributed by atoms with Gasteiger partial charge in [0.1, 0.15) is 5.69 Å². The lowest BCUT2D eigenvalue weighted by atomic mass is 10.0. The van der Waals surface area contributed by atoms with Crippen molar-refractivity contribution in [1.29, 1.82) is 0 Å². The van der Waals surface area contributed by atoms with E-state index in [1.165, 1.54) is 0 Å². The number of hydrogen-bond acceptors (Lipinski definition) is 3. The van der Waals surface area contributed by atoms with Gasteiger partial charge in [-0.1, -0.05) is 67.1 Å². The van der Waals surface area contributed by atoms with Crippen LogP contribution in [0.3, 0.4) is 0 Å². The summed E-state index contributed by atoms with van der Waals surface area (Å²) in [5.74, 6) is 0.298. The number of nitrogens with two attached hydrogens (primary N) is 1. The Hall–Kier alpha value is -2.92. The summed E-state index contributed by atoms with van der Waals surface area (Å²) < 4.78 is 1.85. The summed E-state index contributed by atoms with van der Waals surface area (Å²) in [5, 5.41) is 7.95. The highest BCUT2D eigenvalue weighted by molar-refractivity contribution is 6.00. The van der Waals surface area contributed by atoms with Crippen LogP contribution in [0, 0.1) is 5.92 Å². The van der Waals surface area contributed by atoms with Gasteiger partial charge in [0.05, 0.1) is 12.1 Å². The molecule has 144 valence electrons. The third kappa shape index (κ3) is 3.99. The average molecular weight is 374 g/mol. The van der Waals surface area contributed by atoms with E-state index in [0.29, 0.717) is 24.6 Å². The maximum Gasteiger partial charge on any atom is 0.255 e. The molecule has 28 heavy (non-hydrogen) atoms. The first-order valence-electron chi connectivity index (χ1n) is 9.92. The van der Waals surface area contributed by atoms with Gasteiger partial charge in [0.25, 0.3) is 5.91 Å². The van der Waals surface area contributed by atoms with Crippen LogP contribution in [-0.4, -0.2) is 28.3 Å². The van der Waals surface area contributed by atoms with Crippen LogP contribution in [0.1, 0.15) is 35.2 Å². The summed E-state index contributed by atoms with van der Waals surface area (Å²) in [6.45, 7) is 1.24. The SMILES string of the molecule is NCC1CCCC1NC(=O)c1cn(Cc2ccccc2)nc1-c1ccccc1. The Kier molecular flexibility index (Phi) is 5.53. The van der Waals surface area contributed by atoms with Gasteiger partial charge in [0, 0.05) is 17.8 Å². The van der Waals surface area contributed by atoms with E-state index in [1.54, 1.807) is 0 Å². The number of aromatic nitrogens is 2. The molecule has 1 fully saturated rings. The second-order valence-electron chi connectivity index (χ2n) is 7.45. The molecule has 4 rings (SSSR count). The molecule has 0 bridgehead atoms. The van der Waals surface area contributed by atoms with Crippen LogP contribution < -0.4 is 11.1 Å². The molecule has 2 unspecified atom stereocenters. The molecule has 0 spiro atoms. The molecule has 1 aromatic heterocycles. The molecule has 3 N–H and O–H groups in total. The second-order valence-corrected chi connectivity index (χ2v) is 7.45. The summed E-state index contributed by atoms with van der Waals surface area (Å²) in [5.41, 5.74) is 9.31. The van der Waals surface area contributed by atoms with Crippen molar-refractivity contribution in [3.05, 3.63) is 78.0 Å². The van der Waals surface area contributed by atoms with E-state index in [-0.39, 0.29) is 11.9 Å². The van der Waals surface area contributed by atoms with Gasteiger partial charge >= 0.3 is 0 Å². The average Bonchev–Trinajstić information content (AvgIpc) is 3.36. The lowest BCUT2D eigenvalue weighted by Crippen LogP contribution is -2.39. The molecule has 0 aliphatic heterocycles. The quantitative estimate of drug-likeness (QED) is 0.694. The van der Waals surface area contributed by atoms with Crippen molar-refractivity contribution in [2.24, 2.45) is 11.7 Å². The first-order chi connectivity index (χ1) is 13.7. The van der Waals surface area contributed by atoms with Crippen LogP contribution in [0.5, 0.6) is 0 Å². The molecular formula is C23H26N4O. The molecule has 1 aliphatic rings. The lowest BCUT2D eigenvalue weighted by Gasteiger charge is -2.19. The van der Waals surface area contributed by atoms with Gasteiger partial charge < -0.3 is 11.1 Å². The van der Waals surface area contributed by atoms with Crippen LogP contribution in [0.15, 0.2) is 66.9 Å². The minimum atomic E-state index is -0.0662. The van der Waals surface area contributed by atoms with E-state index in [1.807, 2.05) is 59.4 Å². The van der Waals surface area contributed by atoms with E-state index in [0.717, 1.165) is 36.1 Å². The first-order valence-corrected chi connectivity index (χ1v) is 9.92. The van der Waals surface area contributed by atoms with Crippen LogP contribution >= 0.6 is 0 Å². The molecule has 5 nitrogen and oxygen atoms in total. The Labute approximate surface area is 165 Å². The van der Waals surface area contributed by atoms with Gasteiger partial charge in [-0.15, -0.1) is 0 Å². The number of rotatable bonds is 6. The van der Waals surface area contributed by atoms with Crippen LogP contribution in [0.2, 0.25) is 0 Å². The number of hydrogen-bond donors (Lipinski definition) is 2. The fourth-order valence-corrected chi connectivity index (χ4v) is 4.00. The Morgan fingerprint density at radius 3 is 2.50 bits per heavy atom. The summed E-state index contributed by atoms with van der Waals surface area (Å²) in [4.78, 5) is 13.1. The van der Waals surface area contributed by atoms with E-state index in [4.69, 9.17) is 10.8 Å². The van der Waals surface area contributed by atoms with Crippen LogP contribution in [-0.2, 0) is 6.54 Å². The molecule has 1 saturated carbocycles. The number of nitrogens with one attached hydrogen (secondary N) is 1. The topological polar surface area (TPSA) is 72.9 Å². The summed E-state index contributed by atoms with van der Waals surface area (Å²) >= 11 is 0. The predicted octanol–water partition coefficient (Wildman–Crippen LogP) is 3.46. The fourth-order valence-electron chi connectivity index (χ4n) is 4.00. The molecule has 0 saturated heterocycles. The number of nitrogens with zero attached hydrogens (tertiary/aromatic N) is 2. The zero-order chi connectivity index (χ0) is 19.3. The van der Waals surface area contributed by atoms with Gasteiger partial charge in [-0.3, -0.25) is 9.48 Å². The molecule has 3 aromatic rings. The van der Waals surface area contributed by atoms with Crippen molar-refractivity contribution < 1.29 is 4.79 Å². The van der Waals surface area contributed by atoms with Crippen molar-refractivity contribution in [2.45, 2.75) is 31.8 Å². The molecule has 1 heterocycles. The normalized spacial score (nSPS) is 18.9. The highest BCUT2D eigenvalue weighted by Gasteiger charge is 2.29. The van der Waals surface area contributed by atoms with Gasteiger partial charge in [0.15, 0.2) is 0 Å². The zero-order valence-electron chi connectivity index (χ0n) is 15.9. The highest BCUT2D eigenvalue weighted by Crippen LogP contribution is 2.27. The fraction of sp³-hybridized carbons (Fsp3) is 0.304. The number of carbonyl (C=O) groups is 1. The molecule has 0 radical (unpaired) electrons. The molecule has 2 aromatic carbocycles. The number of carbonyl (C=O) groups excluding carboxylic acids is 1. The third-order valence-electron chi connectivity index (χ3n) is 5.52. The monoisotopic (exact) mass is 374 g/mol. The molecular weight excluding hydrogens is 348 g/mol. The summed E-state index contributed by atoms with van der Waals surface area (Å²) in [6, 6.07) is 20.2. The lowest BCUT2D eigenvalue weighted by molar-refractivity contribution is 0.0929. The minimum Gasteiger partial charge on any atom is -0.349 e. The van der Waals surface area contributed by atoms with Gasteiger partial charge in [0.2, 0.25) is 0 Å². The number of benzene rings is 2. The zero-order valence-corrected chi connectivity index (χ0v) is 15.9. The van der Waals surface area contributed by atoms with Crippen LogP contribution in [0.25, 0.3) is 11.3 Å². The van der Waals surface area contributed by atoms with Gasteiger partial charge in [-0.05, 0) is 30.9 Å². The Bertz CT molecular complexity index is 920. The Balaban J connectivity index is 1.63. The Morgan fingerprint density at radius 1 is 1.07 bits per heavy atom. The molecule has 1 amide bonds. The van der Waals surface area contributed by atoms with Crippen molar-refractivity contribution in [3.8, 4) is 11.3 Å². The standard InChI is InChI=1S/C23H26N4O/c24-14-19-12-7-13-21(19)25-23(28)20-16-27(15-17-8-3-1-4-9-17)26-22(20)18-10-5-2-6-11-18/h1-6,8-11,16,19,21H,7,12-15,24H2,(H,25,28). The summed E-state index contributed by atoms with van der Waals surface area (Å²) in [7, 11) is 0. The van der Waals surface area contributed by atoms with Crippen molar-refractivity contribution in [3.63, 3.8) is 0 Å². The van der Waals surface area contributed by atoms with E-state index < -0.39 is 0 Å². The largest absolute Gasteiger partial charge is 0.349 e. The number of amides is 1. The van der Waals surface area contributed by atoms with E-state index in [9.17, 15) is 4.79 Å². The predicted molar refractivity (Wildman–Crippen MR) is 111 cm³/mol. The molecule has 1 aliphatic carbocycles. The smallest absolute Gasteiger partial charge is 0.255 e. The third-order valence-corrected chi connectivity index (χ3v) is 5.52. The van der Waals surface area contributed by atoms with E-state index in [2.05, 4.69) is 17.4 Å². The first kappa shape index (κ1) is 18.4. The summed E-state index contributed by atoms with van der Waals surface area (Å²) in [6.07, 6.45) is 5.05. The second kappa shape index (κ2) is 8.40. The Morgan fingerprint density at radius 2 is 1.79 bits per heavy atom. The minimum absolute atomic E-state index is 0.0662. The van der Waals surface area contributed by atoms with Crippen molar-refractivity contribution in [1.82, 2.24) is 15.1 Å². The van der Waals surface area contributed by atoms with Gasteiger partial charge in [-0.2, -0.15) is 5.10 Å².